The van der Waals surface area contributed by atoms with Gasteiger partial charge in [-0.2, -0.15) is 13.2 Å². The summed E-state index contributed by atoms with van der Waals surface area (Å²) in [6, 6.07) is -0.697. The number of carbonyl (C=O) groups excluding carboxylic acids is 1. The summed E-state index contributed by atoms with van der Waals surface area (Å²) < 4.78 is 40.2. The molecule has 0 fully saturated rings. The molecule has 0 heterocycles. The van der Waals surface area contributed by atoms with Crippen LogP contribution in [0.5, 0.6) is 0 Å². The van der Waals surface area contributed by atoms with Crippen molar-refractivity contribution >= 4 is 5.97 Å². The molecule has 0 saturated carbocycles. The van der Waals surface area contributed by atoms with Gasteiger partial charge in [-0.15, -0.1) is 0 Å². The van der Waals surface area contributed by atoms with Gasteiger partial charge in [-0.25, -0.2) is 0 Å². The monoisotopic (exact) mass is 227 g/mol. The number of halogens is 3. The molecule has 0 aromatic carbocycles. The molecule has 90 valence electrons. The van der Waals surface area contributed by atoms with Crippen molar-refractivity contribution in [2.24, 2.45) is 5.92 Å². The predicted molar refractivity (Wildman–Crippen MR) is 49.3 cm³/mol. The number of rotatable bonds is 5. The number of nitrogens with one attached hydrogen (secondary N) is 1. The van der Waals surface area contributed by atoms with E-state index in [2.05, 4.69) is 10.1 Å². The van der Waals surface area contributed by atoms with Gasteiger partial charge in [-0.05, 0) is 6.92 Å². The quantitative estimate of drug-likeness (QED) is 0.727. The molecule has 0 aliphatic rings. The summed E-state index contributed by atoms with van der Waals surface area (Å²) in [5.41, 5.74) is 0. The Balaban J connectivity index is 3.81. The van der Waals surface area contributed by atoms with E-state index in [1.165, 1.54) is 14.0 Å². The zero-order chi connectivity index (χ0) is 12.1. The van der Waals surface area contributed by atoms with Gasteiger partial charge in [0.2, 0.25) is 0 Å². The fourth-order valence-electron chi connectivity index (χ4n) is 1.08. The molecule has 0 rings (SSSR count). The molecule has 0 radical (unpaired) electrons. The first-order valence-electron chi connectivity index (χ1n) is 4.64. The molecule has 0 saturated heterocycles. The maximum absolute atomic E-state index is 11.9. The highest BCUT2D eigenvalue weighted by molar-refractivity contribution is 5.72. The van der Waals surface area contributed by atoms with Gasteiger partial charge in [0.1, 0.15) is 0 Å². The van der Waals surface area contributed by atoms with Crippen LogP contribution in [-0.2, 0) is 9.53 Å². The van der Waals surface area contributed by atoms with E-state index in [-0.39, 0.29) is 6.54 Å². The zero-order valence-corrected chi connectivity index (χ0v) is 9.02. The number of methoxy groups -OCH3 is 1. The van der Waals surface area contributed by atoms with Gasteiger partial charge < -0.3 is 10.1 Å². The van der Waals surface area contributed by atoms with Gasteiger partial charge in [-0.3, -0.25) is 4.79 Å². The average molecular weight is 227 g/mol. The van der Waals surface area contributed by atoms with Crippen LogP contribution in [0.25, 0.3) is 0 Å². The highest BCUT2D eigenvalue weighted by atomic mass is 19.4. The summed E-state index contributed by atoms with van der Waals surface area (Å²) in [5.74, 6) is -0.868. The molecule has 0 aliphatic carbocycles. The van der Waals surface area contributed by atoms with Crippen LogP contribution in [0.15, 0.2) is 0 Å². The van der Waals surface area contributed by atoms with Crippen LogP contribution in [0.1, 0.15) is 20.3 Å². The van der Waals surface area contributed by atoms with E-state index in [9.17, 15) is 18.0 Å². The van der Waals surface area contributed by atoms with Crippen molar-refractivity contribution in [3.8, 4) is 0 Å². The first kappa shape index (κ1) is 14.2. The Labute approximate surface area is 87.0 Å². The third-order valence-electron chi connectivity index (χ3n) is 1.91. The maximum Gasteiger partial charge on any atom is 0.390 e. The van der Waals surface area contributed by atoms with Crippen molar-refractivity contribution in [3.63, 3.8) is 0 Å². The molecule has 0 aliphatic heterocycles. The number of carbonyl (C=O) groups is 1. The maximum atomic E-state index is 11.9. The van der Waals surface area contributed by atoms with Gasteiger partial charge in [0.15, 0.2) is 0 Å². The van der Waals surface area contributed by atoms with Gasteiger partial charge in [0, 0.05) is 12.6 Å². The minimum atomic E-state index is -4.18. The van der Waals surface area contributed by atoms with Gasteiger partial charge >= 0.3 is 12.1 Å². The second-order valence-corrected chi connectivity index (χ2v) is 3.55. The minimum absolute atomic E-state index is 0.184. The number of ether oxygens (including phenoxy) is 1. The largest absolute Gasteiger partial charge is 0.469 e. The Hall–Kier alpha value is -0.780. The number of hydrogen-bond acceptors (Lipinski definition) is 3. The standard InChI is InChI=1S/C9H16F3NO2/c1-6(8(14)15-3)5-13-7(2)4-9(10,11)12/h6-7,13H,4-5H2,1-3H3. The lowest BCUT2D eigenvalue weighted by molar-refractivity contribution is -0.145. The SMILES string of the molecule is COC(=O)C(C)CNC(C)CC(F)(F)F. The molecule has 6 heteroatoms. The molecular formula is C9H16F3NO2. The third kappa shape index (κ3) is 7.18. The van der Waals surface area contributed by atoms with E-state index in [0.29, 0.717) is 0 Å². The Bertz CT molecular complexity index is 206. The van der Waals surface area contributed by atoms with Crippen LogP contribution in [0.2, 0.25) is 0 Å². The van der Waals surface area contributed by atoms with Gasteiger partial charge in [-0.1, -0.05) is 6.92 Å². The predicted octanol–water partition coefficient (Wildman–Crippen LogP) is 1.73. The minimum Gasteiger partial charge on any atom is -0.469 e. The normalized spacial score (nSPS) is 15.9. The summed E-state index contributed by atoms with van der Waals surface area (Å²) in [4.78, 5) is 10.9. The van der Waals surface area contributed by atoms with Crippen molar-refractivity contribution in [2.45, 2.75) is 32.5 Å². The van der Waals surface area contributed by atoms with Crippen LogP contribution in [-0.4, -0.2) is 31.8 Å². The summed E-state index contributed by atoms with van der Waals surface area (Å²) in [7, 11) is 1.25. The smallest absolute Gasteiger partial charge is 0.390 e. The second kappa shape index (κ2) is 5.95. The van der Waals surface area contributed by atoms with Gasteiger partial charge in [0.05, 0.1) is 19.4 Å². The summed E-state index contributed by atoms with van der Waals surface area (Å²) in [6.07, 6.45) is -5.08. The third-order valence-corrected chi connectivity index (χ3v) is 1.91. The van der Waals surface area contributed by atoms with E-state index in [1.54, 1.807) is 6.92 Å². The molecule has 0 aromatic rings. The Morgan fingerprint density at radius 3 is 2.33 bits per heavy atom. The highest BCUT2D eigenvalue weighted by Gasteiger charge is 2.30. The summed E-state index contributed by atoms with van der Waals surface area (Å²) >= 11 is 0. The molecule has 0 bridgehead atoms. The molecule has 2 unspecified atom stereocenters. The van der Waals surface area contributed by atoms with Crippen LogP contribution < -0.4 is 5.32 Å². The lowest BCUT2D eigenvalue weighted by Gasteiger charge is -2.17. The first-order valence-corrected chi connectivity index (χ1v) is 4.64. The summed E-state index contributed by atoms with van der Waals surface area (Å²) in [6.45, 7) is 3.21. The van der Waals surface area contributed by atoms with Crippen LogP contribution >= 0.6 is 0 Å². The van der Waals surface area contributed by atoms with Crippen LogP contribution in [0.4, 0.5) is 13.2 Å². The molecule has 2 atom stereocenters. The topological polar surface area (TPSA) is 38.3 Å². The van der Waals surface area contributed by atoms with E-state index in [0.717, 1.165) is 0 Å². The van der Waals surface area contributed by atoms with Crippen molar-refractivity contribution in [1.82, 2.24) is 5.32 Å². The average Bonchev–Trinajstić information content (AvgIpc) is 2.10. The first-order chi connectivity index (χ1) is 6.76. The number of esters is 1. The van der Waals surface area contributed by atoms with Crippen LogP contribution in [0, 0.1) is 5.92 Å². The Morgan fingerprint density at radius 2 is 1.93 bits per heavy atom. The lowest BCUT2D eigenvalue weighted by Crippen LogP contribution is -2.36. The molecule has 15 heavy (non-hydrogen) atoms. The number of hydrogen-bond donors (Lipinski definition) is 1. The molecule has 0 aromatic heterocycles. The fourth-order valence-corrected chi connectivity index (χ4v) is 1.08. The lowest BCUT2D eigenvalue weighted by atomic mass is 10.1. The summed E-state index contributed by atoms with van der Waals surface area (Å²) in [5, 5.41) is 2.63. The van der Waals surface area contributed by atoms with Crippen molar-refractivity contribution in [1.29, 1.82) is 0 Å². The molecule has 1 N–H and O–H groups in total. The Morgan fingerprint density at radius 1 is 1.40 bits per heavy atom. The van der Waals surface area contributed by atoms with Crippen molar-refractivity contribution < 1.29 is 22.7 Å². The highest BCUT2D eigenvalue weighted by Crippen LogP contribution is 2.21. The van der Waals surface area contributed by atoms with Gasteiger partial charge in [0.25, 0.3) is 0 Å². The van der Waals surface area contributed by atoms with Crippen LogP contribution in [0.3, 0.4) is 0 Å². The fraction of sp³-hybridized carbons (Fsp3) is 0.889. The zero-order valence-electron chi connectivity index (χ0n) is 9.02. The second-order valence-electron chi connectivity index (χ2n) is 3.55. The molecule has 3 nitrogen and oxygen atoms in total. The van der Waals surface area contributed by atoms with Crippen molar-refractivity contribution in [3.05, 3.63) is 0 Å². The number of alkyl halides is 3. The van der Waals surface area contributed by atoms with Crippen molar-refractivity contribution in [2.75, 3.05) is 13.7 Å². The Kier molecular flexibility index (Phi) is 5.64. The van der Waals surface area contributed by atoms with E-state index < -0.39 is 30.5 Å². The van der Waals surface area contributed by atoms with E-state index in [4.69, 9.17) is 0 Å². The molecule has 0 spiro atoms. The molecule has 0 amide bonds. The van der Waals surface area contributed by atoms with E-state index in [1.807, 2.05) is 0 Å². The molecular weight excluding hydrogens is 211 g/mol. The van der Waals surface area contributed by atoms with E-state index >= 15 is 0 Å².